The molecule has 0 spiro atoms. The number of rotatable bonds is 9. The van der Waals surface area contributed by atoms with Gasteiger partial charge in [-0.25, -0.2) is 29.9 Å². The number of benzene rings is 18. The molecule has 2 aliphatic carbocycles. The van der Waals surface area contributed by atoms with Crippen molar-refractivity contribution in [3.05, 3.63) is 423 Å². The molecule has 18 aromatic carbocycles. The first-order valence-corrected chi connectivity index (χ1v) is 40.5. The predicted octanol–water partition coefficient (Wildman–Crippen LogP) is 29.1. The van der Waals surface area contributed by atoms with Gasteiger partial charge in [0.15, 0.2) is 0 Å². The molecule has 0 atom stereocenters. The van der Waals surface area contributed by atoms with E-state index in [1.807, 2.05) is 91.0 Å². The number of hydrogen-bond donors (Lipinski definition) is 0. The monoisotopic (exact) mass is 1510 g/mol. The van der Waals surface area contributed by atoms with E-state index in [9.17, 15) is 0 Å². The molecule has 0 aliphatic heterocycles. The molecule has 6 nitrogen and oxygen atoms in total. The maximum absolute atomic E-state index is 5.21. The summed E-state index contributed by atoms with van der Waals surface area (Å²) in [4.78, 5) is 31.0. The summed E-state index contributed by atoms with van der Waals surface area (Å²) < 4.78 is 0. The van der Waals surface area contributed by atoms with Crippen molar-refractivity contribution < 1.29 is 0 Å². The van der Waals surface area contributed by atoms with E-state index in [-0.39, 0.29) is 10.8 Å². The molecule has 2 aliphatic rings. The molecule has 0 N–H and O–H groups in total. The van der Waals surface area contributed by atoms with Gasteiger partial charge in [0, 0.05) is 44.2 Å². The van der Waals surface area contributed by atoms with Crippen LogP contribution in [-0.4, -0.2) is 29.9 Å². The maximum atomic E-state index is 5.21. The molecular formula is C112H78N6. The lowest BCUT2D eigenvalue weighted by atomic mass is 9.81. The summed E-state index contributed by atoms with van der Waals surface area (Å²) in [5, 5.41) is 10.1. The molecule has 6 heteroatoms. The fourth-order valence-electron chi connectivity index (χ4n) is 18.0. The van der Waals surface area contributed by atoms with Gasteiger partial charge >= 0.3 is 0 Å². The Kier molecular flexibility index (Phi) is 17.5. The predicted molar refractivity (Wildman–Crippen MR) is 493 cm³/mol. The van der Waals surface area contributed by atoms with Crippen LogP contribution in [0.15, 0.2) is 400 Å². The third kappa shape index (κ3) is 12.6. The Morgan fingerprint density at radius 3 is 0.797 bits per heavy atom. The first kappa shape index (κ1) is 70.9. The highest BCUT2D eigenvalue weighted by Crippen LogP contribution is 2.53. The van der Waals surface area contributed by atoms with Crippen molar-refractivity contribution in [3.63, 3.8) is 0 Å². The molecule has 556 valence electrons. The third-order valence-electron chi connectivity index (χ3n) is 24.2. The van der Waals surface area contributed by atoms with Crippen molar-refractivity contribution >= 4 is 76.2 Å². The van der Waals surface area contributed by atoms with E-state index in [2.05, 4.69) is 337 Å². The quantitative estimate of drug-likeness (QED) is 0.134. The van der Waals surface area contributed by atoms with Gasteiger partial charge in [-0.05, 0) is 188 Å². The molecule has 3 heterocycles. The van der Waals surface area contributed by atoms with Crippen molar-refractivity contribution in [1.82, 2.24) is 29.9 Å². The zero-order valence-corrected chi connectivity index (χ0v) is 65.8. The van der Waals surface area contributed by atoms with E-state index in [0.717, 1.165) is 101 Å². The average molecular weight is 1510 g/mol. The maximum Gasteiger partial charge on any atom is 0.0973 e. The van der Waals surface area contributed by atoms with Crippen molar-refractivity contribution in [2.24, 2.45) is 0 Å². The molecule has 0 bridgehead atoms. The fourth-order valence-corrected chi connectivity index (χ4v) is 18.0. The minimum absolute atomic E-state index is 0.0658. The Morgan fingerprint density at radius 1 is 0.153 bits per heavy atom. The van der Waals surface area contributed by atoms with Crippen molar-refractivity contribution in [3.8, 4) is 123 Å². The second-order valence-corrected chi connectivity index (χ2v) is 32.0. The lowest BCUT2D eigenvalue weighted by Crippen LogP contribution is -2.15. The first-order chi connectivity index (χ1) is 58.0. The Hall–Kier alpha value is -15.0. The van der Waals surface area contributed by atoms with Crippen LogP contribution < -0.4 is 0 Å². The number of fused-ring (bicyclic) bond motifs is 16. The molecular weight excluding hydrogens is 1430 g/mol. The lowest BCUT2D eigenvalue weighted by molar-refractivity contribution is 0.660. The second-order valence-electron chi connectivity index (χ2n) is 32.0. The van der Waals surface area contributed by atoms with Gasteiger partial charge in [0.1, 0.15) is 0 Å². The minimum Gasteiger partial charge on any atom is -0.244 e. The van der Waals surface area contributed by atoms with Gasteiger partial charge in [0.25, 0.3) is 0 Å². The van der Waals surface area contributed by atoms with E-state index in [4.69, 9.17) is 29.9 Å². The van der Waals surface area contributed by atoms with Gasteiger partial charge in [-0.2, -0.15) is 0 Å². The topological polar surface area (TPSA) is 77.3 Å². The van der Waals surface area contributed by atoms with Crippen LogP contribution >= 0.6 is 0 Å². The second kappa shape index (κ2) is 29.1. The molecule has 0 amide bonds. The van der Waals surface area contributed by atoms with Crippen molar-refractivity contribution in [1.29, 1.82) is 0 Å². The molecule has 118 heavy (non-hydrogen) atoms. The summed E-state index contributed by atoms with van der Waals surface area (Å²) in [6.07, 6.45) is 0. The van der Waals surface area contributed by atoms with Crippen LogP contribution in [0.4, 0.5) is 0 Å². The van der Waals surface area contributed by atoms with Crippen LogP contribution in [-0.2, 0) is 10.8 Å². The van der Waals surface area contributed by atoms with E-state index >= 15 is 0 Å². The molecule has 0 unspecified atom stereocenters. The minimum atomic E-state index is -0.119. The molecule has 0 radical (unpaired) electrons. The van der Waals surface area contributed by atoms with Crippen LogP contribution in [0.25, 0.3) is 199 Å². The number of para-hydroxylation sites is 6. The first-order valence-electron chi connectivity index (χ1n) is 40.5. The summed E-state index contributed by atoms with van der Waals surface area (Å²) in [7, 11) is 0. The Bertz CT molecular complexity index is 7470. The Morgan fingerprint density at radius 2 is 0.398 bits per heavy atom. The molecule has 0 saturated carbocycles. The van der Waals surface area contributed by atoms with Crippen LogP contribution in [0.2, 0.25) is 0 Å². The van der Waals surface area contributed by atoms with Crippen LogP contribution in [0.5, 0.6) is 0 Å². The van der Waals surface area contributed by atoms with Gasteiger partial charge in [-0.3, -0.25) is 0 Å². The van der Waals surface area contributed by atoms with Crippen LogP contribution in [0.3, 0.4) is 0 Å². The third-order valence-corrected chi connectivity index (χ3v) is 24.2. The highest BCUT2D eigenvalue weighted by molar-refractivity contribution is 6.26. The number of nitrogens with zero attached hydrogens (tertiary/aromatic N) is 6. The van der Waals surface area contributed by atoms with E-state index in [0.29, 0.717) is 0 Å². The summed E-state index contributed by atoms with van der Waals surface area (Å²) >= 11 is 0. The standard InChI is InChI=1S/C39H28N2.C38H24N2.C35H26N2/c1-39(2)33-24-30(20-21-31(33)32-22-28-12-6-7-13-29(28)23-34(32)39)38-37(40-35-14-8-9-15-36(35)41-38)27-18-16-26(17-19-27)25-10-4-3-5-11-25;1-2-10-25(11-3-1)26-18-20-27(21-19-26)37-38(40-36-17-9-8-16-35(36)39-37)28-22-23-33-31-14-5-4-12-29(31)30-13-6-7-15-32(30)34(33)24-28;1-35(2)29-13-7-6-12-27(29)28-21-20-26(22-30(28)35)34-33(36-31-14-8-9-15-32(31)37-34)25-18-16-24(17-19-25)23-10-4-3-5-11-23/h3-24H,1-2H3;1-24H;3-22H,1-2H3. The smallest absolute Gasteiger partial charge is 0.0973 e. The van der Waals surface area contributed by atoms with Crippen LogP contribution in [0.1, 0.15) is 49.9 Å². The van der Waals surface area contributed by atoms with Gasteiger partial charge < -0.3 is 0 Å². The van der Waals surface area contributed by atoms with E-state index < -0.39 is 0 Å². The highest BCUT2D eigenvalue weighted by atomic mass is 14.9. The summed E-state index contributed by atoms with van der Waals surface area (Å²) in [5.41, 5.74) is 35.0. The van der Waals surface area contributed by atoms with Gasteiger partial charge in [-0.1, -0.05) is 361 Å². The molecule has 3 aromatic heterocycles. The van der Waals surface area contributed by atoms with Gasteiger partial charge in [0.2, 0.25) is 0 Å². The zero-order chi connectivity index (χ0) is 79.0. The van der Waals surface area contributed by atoms with E-state index in [1.165, 1.54) is 121 Å². The normalized spacial score (nSPS) is 12.7. The molecule has 21 aromatic rings. The Labute approximate surface area is 685 Å². The SMILES string of the molecule is CC1(C)c2cc(-c3nc4ccccc4nc3-c3ccc(-c4ccccc4)cc3)ccc2-c2cc3ccccc3cc21.CC1(C)c2ccccc2-c2ccc(-c3nc4ccccc4nc3-c3ccc(-c4ccccc4)cc3)cc21.c1ccc(-c2ccc(-c3nc4ccccc4nc3-c3ccc4c5ccccc5c5ccccc5c4c3)cc2)cc1. The molecule has 0 saturated heterocycles. The van der Waals surface area contributed by atoms with Crippen molar-refractivity contribution in [2.45, 2.75) is 38.5 Å². The molecule has 0 fully saturated rings. The zero-order valence-electron chi connectivity index (χ0n) is 65.8. The highest BCUT2D eigenvalue weighted by Gasteiger charge is 2.38. The summed E-state index contributed by atoms with van der Waals surface area (Å²) in [6, 6.07) is 142. The summed E-state index contributed by atoms with van der Waals surface area (Å²) in [6.45, 7) is 9.31. The number of aromatic nitrogens is 6. The number of hydrogen-bond acceptors (Lipinski definition) is 6. The average Bonchev–Trinajstić information content (AvgIpc) is 1.48. The summed E-state index contributed by atoms with van der Waals surface area (Å²) in [5.74, 6) is 0. The van der Waals surface area contributed by atoms with Crippen molar-refractivity contribution in [2.75, 3.05) is 0 Å². The largest absolute Gasteiger partial charge is 0.244 e. The van der Waals surface area contributed by atoms with E-state index in [1.54, 1.807) is 0 Å². The lowest BCUT2D eigenvalue weighted by Gasteiger charge is -2.22. The van der Waals surface area contributed by atoms with Gasteiger partial charge in [-0.15, -0.1) is 0 Å². The molecule has 23 rings (SSSR count). The van der Waals surface area contributed by atoms with Gasteiger partial charge in [0.05, 0.1) is 67.3 Å². The fraction of sp³-hybridized carbons (Fsp3) is 0.0536. The Balaban J connectivity index is 0.000000110. The van der Waals surface area contributed by atoms with Crippen LogP contribution in [0, 0.1) is 0 Å².